The molecule has 0 saturated carbocycles. The fourth-order valence-electron chi connectivity index (χ4n) is 2.55. The molecule has 2 aromatic rings. The van der Waals surface area contributed by atoms with Gasteiger partial charge in [0, 0.05) is 28.0 Å². The molecule has 0 aromatic heterocycles. The molecule has 2 aromatic carbocycles. The first kappa shape index (κ1) is 14.1. The molecule has 1 amide bonds. The van der Waals surface area contributed by atoms with Crippen molar-refractivity contribution >= 4 is 33.2 Å². The van der Waals surface area contributed by atoms with E-state index in [1.807, 2.05) is 43.3 Å². The van der Waals surface area contributed by atoms with Gasteiger partial charge in [0.05, 0.1) is 0 Å². The molecule has 3 rings (SSSR count). The second-order valence-electron chi connectivity index (χ2n) is 5.27. The van der Waals surface area contributed by atoms with Gasteiger partial charge in [-0.2, -0.15) is 0 Å². The molecule has 21 heavy (non-hydrogen) atoms. The normalized spacial score (nSPS) is 13.2. The van der Waals surface area contributed by atoms with Crippen molar-refractivity contribution in [1.29, 1.82) is 0 Å². The predicted octanol–water partition coefficient (Wildman–Crippen LogP) is 4.37. The molecular weight excluding hydrogens is 328 g/mol. The summed E-state index contributed by atoms with van der Waals surface area (Å²) in [6, 6.07) is 11.7. The fraction of sp³-hybridized carbons (Fsp3) is 0.235. The number of nitrogens with one attached hydrogen (secondary N) is 2. The summed E-state index contributed by atoms with van der Waals surface area (Å²) in [4.78, 5) is 12.4. The third-order valence-corrected chi connectivity index (χ3v) is 4.68. The first-order valence-corrected chi connectivity index (χ1v) is 7.88. The van der Waals surface area contributed by atoms with E-state index in [0.29, 0.717) is 5.56 Å². The van der Waals surface area contributed by atoms with Crippen molar-refractivity contribution in [3.63, 3.8) is 0 Å². The topological polar surface area (TPSA) is 41.1 Å². The molecule has 1 aliphatic rings. The van der Waals surface area contributed by atoms with Crippen LogP contribution in [0.4, 0.5) is 11.4 Å². The number of hydrogen-bond acceptors (Lipinski definition) is 2. The highest BCUT2D eigenvalue weighted by Crippen LogP contribution is 2.26. The predicted molar refractivity (Wildman–Crippen MR) is 90.1 cm³/mol. The Kier molecular flexibility index (Phi) is 3.97. The summed E-state index contributed by atoms with van der Waals surface area (Å²) in [7, 11) is 0. The summed E-state index contributed by atoms with van der Waals surface area (Å²) in [6.07, 6.45) is 2.14. The molecular formula is C17H17BrN2O. The van der Waals surface area contributed by atoms with Crippen molar-refractivity contribution in [2.45, 2.75) is 19.8 Å². The van der Waals surface area contributed by atoms with Crippen molar-refractivity contribution in [3.05, 3.63) is 57.6 Å². The zero-order valence-corrected chi connectivity index (χ0v) is 13.5. The minimum atomic E-state index is -0.0652. The van der Waals surface area contributed by atoms with Crippen LogP contribution < -0.4 is 10.6 Å². The van der Waals surface area contributed by atoms with Crippen LogP contribution >= 0.6 is 15.9 Å². The lowest BCUT2D eigenvalue weighted by Crippen LogP contribution is -2.16. The van der Waals surface area contributed by atoms with E-state index in [-0.39, 0.29) is 5.91 Å². The maximum atomic E-state index is 12.4. The summed E-state index contributed by atoms with van der Waals surface area (Å²) in [5.74, 6) is -0.0652. The lowest BCUT2D eigenvalue weighted by Gasteiger charge is -2.18. The van der Waals surface area contributed by atoms with Gasteiger partial charge in [0.25, 0.3) is 5.91 Å². The number of benzene rings is 2. The van der Waals surface area contributed by atoms with Gasteiger partial charge in [-0.15, -0.1) is 0 Å². The third kappa shape index (κ3) is 2.95. The van der Waals surface area contributed by atoms with Crippen LogP contribution in [0.15, 0.2) is 40.9 Å². The molecule has 0 fully saturated rings. The van der Waals surface area contributed by atoms with Crippen molar-refractivity contribution in [1.82, 2.24) is 0 Å². The highest BCUT2D eigenvalue weighted by molar-refractivity contribution is 9.10. The van der Waals surface area contributed by atoms with Crippen molar-refractivity contribution in [2.75, 3.05) is 17.2 Å². The largest absolute Gasteiger partial charge is 0.385 e. The molecule has 2 N–H and O–H groups in total. The smallest absolute Gasteiger partial charge is 0.255 e. The first-order chi connectivity index (χ1) is 10.1. The molecule has 1 heterocycles. The van der Waals surface area contributed by atoms with Crippen molar-refractivity contribution < 1.29 is 4.79 Å². The minimum Gasteiger partial charge on any atom is -0.385 e. The van der Waals surface area contributed by atoms with Crippen LogP contribution in [0, 0.1) is 6.92 Å². The van der Waals surface area contributed by atoms with Crippen LogP contribution in [-0.2, 0) is 6.42 Å². The third-order valence-electron chi connectivity index (χ3n) is 3.82. The van der Waals surface area contributed by atoms with Gasteiger partial charge in [0.2, 0.25) is 0 Å². The number of carbonyl (C=O) groups excluding carboxylic acids is 1. The number of halogens is 1. The molecule has 0 aliphatic carbocycles. The maximum absolute atomic E-state index is 12.4. The Morgan fingerprint density at radius 2 is 2.14 bits per heavy atom. The molecule has 3 nitrogen and oxygen atoms in total. The van der Waals surface area contributed by atoms with Gasteiger partial charge in [-0.05, 0) is 61.2 Å². The Labute approximate surface area is 132 Å². The van der Waals surface area contributed by atoms with Gasteiger partial charge in [-0.25, -0.2) is 0 Å². The number of aryl methyl sites for hydroxylation is 1. The highest BCUT2D eigenvalue weighted by atomic mass is 79.9. The Balaban J connectivity index is 1.84. The summed E-state index contributed by atoms with van der Waals surface area (Å²) in [5.41, 5.74) is 4.95. The number of hydrogen-bond donors (Lipinski definition) is 2. The van der Waals surface area contributed by atoms with E-state index in [0.717, 1.165) is 40.8 Å². The molecule has 0 saturated heterocycles. The molecule has 0 atom stereocenters. The second kappa shape index (κ2) is 5.90. The van der Waals surface area contributed by atoms with Crippen molar-refractivity contribution in [3.8, 4) is 0 Å². The number of anilines is 2. The zero-order valence-electron chi connectivity index (χ0n) is 11.9. The van der Waals surface area contributed by atoms with Crippen LogP contribution in [0.1, 0.15) is 27.9 Å². The summed E-state index contributed by atoms with van der Waals surface area (Å²) in [5, 5.41) is 6.34. The van der Waals surface area contributed by atoms with E-state index in [2.05, 4.69) is 26.6 Å². The zero-order chi connectivity index (χ0) is 14.8. The van der Waals surface area contributed by atoms with Crippen LogP contribution in [0.3, 0.4) is 0 Å². The Morgan fingerprint density at radius 1 is 1.29 bits per heavy atom. The minimum absolute atomic E-state index is 0.0652. The van der Waals surface area contributed by atoms with Gasteiger partial charge in [-0.1, -0.05) is 22.0 Å². The quantitative estimate of drug-likeness (QED) is 0.849. The number of fused-ring (bicyclic) bond motifs is 1. The van der Waals surface area contributed by atoms with E-state index in [1.54, 1.807) is 0 Å². The number of rotatable bonds is 2. The molecule has 4 heteroatoms. The summed E-state index contributed by atoms with van der Waals surface area (Å²) >= 11 is 3.48. The van der Waals surface area contributed by atoms with E-state index < -0.39 is 0 Å². The summed E-state index contributed by atoms with van der Waals surface area (Å²) < 4.78 is 0.995. The Hall–Kier alpha value is -1.81. The average molecular weight is 345 g/mol. The summed E-state index contributed by atoms with van der Waals surface area (Å²) in [6.45, 7) is 2.99. The average Bonchev–Trinajstić information content (AvgIpc) is 2.51. The van der Waals surface area contributed by atoms with Gasteiger partial charge >= 0.3 is 0 Å². The van der Waals surface area contributed by atoms with Crippen LogP contribution in [-0.4, -0.2) is 12.5 Å². The van der Waals surface area contributed by atoms with E-state index in [1.165, 1.54) is 5.56 Å². The second-order valence-corrected chi connectivity index (χ2v) is 6.12. The van der Waals surface area contributed by atoms with Gasteiger partial charge in [0.15, 0.2) is 0 Å². The monoisotopic (exact) mass is 344 g/mol. The highest BCUT2D eigenvalue weighted by Gasteiger charge is 2.13. The Morgan fingerprint density at radius 3 is 3.00 bits per heavy atom. The van der Waals surface area contributed by atoms with Crippen LogP contribution in [0.2, 0.25) is 0 Å². The molecule has 0 radical (unpaired) electrons. The van der Waals surface area contributed by atoms with Crippen molar-refractivity contribution in [2.24, 2.45) is 0 Å². The van der Waals surface area contributed by atoms with Gasteiger partial charge in [0.1, 0.15) is 0 Å². The number of carbonyl (C=O) groups is 1. The molecule has 0 bridgehead atoms. The molecule has 0 unspecified atom stereocenters. The van der Waals surface area contributed by atoms with Gasteiger partial charge < -0.3 is 10.6 Å². The lowest BCUT2D eigenvalue weighted by molar-refractivity contribution is 0.102. The van der Waals surface area contributed by atoms with E-state index >= 15 is 0 Å². The van der Waals surface area contributed by atoms with Crippen LogP contribution in [0.25, 0.3) is 0 Å². The maximum Gasteiger partial charge on any atom is 0.255 e. The lowest BCUT2D eigenvalue weighted by atomic mass is 10.0. The Bertz CT molecular complexity index is 697. The fourth-order valence-corrected chi connectivity index (χ4v) is 2.92. The first-order valence-electron chi connectivity index (χ1n) is 7.08. The SMILES string of the molecule is Cc1c(Br)cccc1NC(=O)c1ccc2c(c1)CCCN2. The molecule has 0 spiro atoms. The number of amides is 1. The molecule has 108 valence electrons. The van der Waals surface area contributed by atoms with Gasteiger partial charge in [-0.3, -0.25) is 4.79 Å². The van der Waals surface area contributed by atoms with Crippen LogP contribution in [0.5, 0.6) is 0 Å². The molecule has 1 aliphatic heterocycles. The standard InChI is InChI=1S/C17H17BrN2O/c1-11-14(18)5-2-6-15(11)20-17(21)13-7-8-16-12(10-13)4-3-9-19-16/h2,5-8,10,19H,3-4,9H2,1H3,(H,20,21). The van der Waals surface area contributed by atoms with E-state index in [9.17, 15) is 4.79 Å². The van der Waals surface area contributed by atoms with E-state index in [4.69, 9.17) is 0 Å².